The Morgan fingerprint density at radius 1 is 1.00 bits per heavy atom. The second-order valence-corrected chi connectivity index (χ2v) is 6.36. The number of amides is 1. The Kier molecular flexibility index (Phi) is 8.43. The van der Waals surface area contributed by atoms with Crippen LogP contribution in [-0.4, -0.2) is 66.7 Å². The first-order valence-corrected chi connectivity index (χ1v) is 8.16. The van der Waals surface area contributed by atoms with Crippen LogP contribution in [0.25, 0.3) is 0 Å². The van der Waals surface area contributed by atoms with Gasteiger partial charge in [-0.1, -0.05) is 12.8 Å². The van der Waals surface area contributed by atoms with Crippen molar-refractivity contribution in [3.63, 3.8) is 0 Å². The van der Waals surface area contributed by atoms with E-state index >= 15 is 0 Å². The zero-order valence-corrected chi connectivity index (χ0v) is 14.7. The maximum Gasteiger partial charge on any atom is 0.251 e. The largest absolute Gasteiger partial charge is 0.364 e. The molecule has 3 rings (SSSR count). The Balaban J connectivity index is 0.00000121. The van der Waals surface area contributed by atoms with Crippen molar-refractivity contribution in [3.05, 3.63) is 0 Å². The number of halogens is 2. The van der Waals surface area contributed by atoms with E-state index in [0.717, 1.165) is 45.1 Å². The highest BCUT2D eigenvalue weighted by molar-refractivity contribution is 5.85. The quantitative estimate of drug-likeness (QED) is 0.833. The molecule has 3 aliphatic rings. The normalized spacial score (nSPS) is 30.0. The van der Waals surface area contributed by atoms with Crippen molar-refractivity contribution < 1.29 is 9.53 Å². The second-order valence-electron chi connectivity index (χ2n) is 6.36. The number of nitrogens with two attached hydrogens (primary N) is 1. The Morgan fingerprint density at radius 3 is 2.18 bits per heavy atom. The van der Waals surface area contributed by atoms with E-state index in [2.05, 4.69) is 4.90 Å². The number of ether oxygens (including phenoxy) is 1. The molecule has 3 fully saturated rings. The third-order valence-corrected chi connectivity index (χ3v) is 5.11. The molecule has 1 saturated carbocycles. The van der Waals surface area contributed by atoms with E-state index in [-0.39, 0.29) is 42.9 Å². The molecule has 1 amide bonds. The number of carbonyl (C=O) groups is 1. The molecule has 22 heavy (non-hydrogen) atoms. The molecule has 130 valence electrons. The van der Waals surface area contributed by atoms with Crippen LogP contribution in [0.1, 0.15) is 38.5 Å². The van der Waals surface area contributed by atoms with Crippen molar-refractivity contribution in [2.24, 2.45) is 5.73 Å². The lowest BCUT2D eigenvalue weighted by atomic mass is 10.1. The first-order chi connectivity index (χ1) is 9.78. The van der Waals surface area contributed by atoms with Crippen molar-refractivity contribution in [1.29, 1.82) is 0 Å². The SMILES string of the molecule is Cl.Cl.NC[C@H]1CC[C@@H](C(=O)N2CCN(C3CCCC3)CC2)O1. The maximum atomic E-state index is 12.4. The number of nitrogens with zero attached hydrogens (tertiary/aromatic N) is 2. The number of hydrogen-bond donors (Lipinski definition) is 1. The summed E-state index contributed by atoms with van der Waals surface area (Å²) in [6, 6.07) is 0.775. The maximum absolute atomic E-state index is 12.4. The fourth-order valence-corrected chi connectivity index (χ4v) is 3.84. The molecule has 2 aliphatic heterocycles. The Hall–Kier alpha value is -0.0700. The van der Waals surface area contributed by atoms with E-state index in [4.69, 9.17) is 10.5 Å². The van der Waals surface area contributed by atoms with Crippen molar-refractivity contribution in [2.45, 2.75) is 56.8 Å². The summed E-state index contributed by atoms with van der Waals surface area (Å²) in [5.74, 6) is 0.187. The van der Waals surface area contributed by atoms with Crippen LogP contribution in [-0.2, 0) is 9.53 Å². The van der Waals surface area contributed by atoms with Crippen LogP contribution in [0.5, 0.6) is 0 Å². The summed E-state index contributed by atoms with van der Waals surface area (Å²) in [5.41, 5.74) is 5.61. The molecule has 0 radical (unpaired) electrons. The van der Waals surface area contributed by atoms with Crippen molar-refractivity contribution in [2.75, 3.05) is 32.7 Å². The minimum absolute atomic E-state index is 0. The highest BCUT2D eigenvalue weighted by atomic mass is 35.5. The van der Waals surface area contributed by atoms with Gasteiger partial charge in [0.15, 0.2) is 0 Å². The molecular weight excluding hydrogens is 325 g/mol. The van der Waals surface area contributed by atoms with E-state index in [0.29, 0.717) is 6.54 Å². The monoisotopic (exact) mass is 353 g/mol. The molecule has 5 nitrogen and oxygen atoms in total. The molecule has 0 aromatic rings. The molecule has 2 N–H and O–H groups in total. The third-order valence-electron chi connectivity index (χ3n) is 5.11. The molecular formula is C15H29Cl2N3O2. The van der Waals surface area contributed by atoms with Crippen molar-refractivity contribution in [3.8, 4) is 0 Å². The van der Waals surface area contributed by atoms with Crippen LogP contribution in [0.15, 0.2) is 0 Å². The van der Waals surface area contributed by atoms with Gasteiger partial charge in [0.1, 0.15) is 6.10 Å². The Morgan fingerprint density at radius 2 is 1.64 bits per heavy atom. The lowest BCUT2D eigenvalue weighted by Crippen LogP contribution is -2.53. The van der Waals surface area contributed by atoms with Crippen LogP contribution >= 0.6 is 24.8 Å². The molecule has 0 unspecified atom stereocenters. The van der Waals surface area contributed by atoms with E-state index in [1.54, 1.807) is 0 Å². The van der Waals surface area contributed by atoms with Gasteiger partial charge in [-0.15, -0.1) is 24.8 Å². The van der Waals surface area contributed by atoms with Gasteiger partial charge >= 0.3 is 0 Å². The van der Waals surface area contributed by atoms with Gasteiger partial charge in [-0.3, -0.25) is 9.69 Å². The van der Waals surface area contributed by atoms with Gasteiger partial charge in [0.25, 0.3) is 5.91 Å². The number of piperazine rings is 1. The summed E-state index contributed by atoms with van der Waals surface area (Å²) in [7, 11) is 0. The van der Waals surface area contributed by atoms with E-state index in [1.165, 1.54) is 25.7 Å². The zero-order chi connectivity index (χ0) is 13.9. The number of carbonyl (C=O) groups excluding carboxylic acids is 1. The summed E-state index contributed by atoms with van der Waals surface area (Å²) < 4.78 is 5.72. The van der Waals surface area contributed by atoms with Gasteiger partial charge in [-0.25, -0.2) is 0 Å². The van der Waals surface area contributed by atoms with Gasteiger partial charge in [-0.05, 0) is 25.7 Å². The predicted octanol–water partition coefficient (Wildman–Crippen LogP) is 1.42. The molecule has 1 aliphatic carbocycles. The minimum atomic E-state index is -0.235. The van der Waals surface area contributed by atoms with Gasteiger partial charge < -0.3 is 15.4 Å². The summed E-state index contributed by atoms with van der Waals surface area (Å²) in [4.78, 5) is 17.0. The summed E-state index contributed by atoms with van der Waals surface area (Å²) in [6.45, 7) is 4.32. The average molecular weight is 354 g/mol. The fourth-order valence-electron chi connectivity index (χ4n) is 3.84. The van der Waals surface area contributed by atoms with E-state index < -0.39 is 0 Å². The first kappa shape index (κ1) is 20.0. The van der Waals surface area contributed by atoms with Crippen LogP contribution in [0.4, 0.5) is 0 Å². The van der Waals surface area contributed by atoms with E-state index in [1.807, 2.05) is 4.90 Å². The average Bonchev–Trinajstić information content (AvgIpc) is 3.18. The van der Waals surface area contributed by atoms with Gasteiger partial charge in [0.2, 0.25) is 0 Å². The lowest BCUT2D eigenvalue weighted by molar-refractivity contribution is -0.144. The Bertz CT molecular complexity index is 346. The standard InChI is InChI=1S/C15H27N3O2.2ClH/c16-11-13-5-6-14(20-13)15(19)18-9-7-17(8-10-18)12-3-1-2-4-12;;/h12-14H,1-11,16H2;2*1H/t13-,14+;;/m1../s1. The van der Waals surface area contributed by atoms with Crippen LogP contribution < -0.4 is 5.73 Å². The molecule has 2 atom stereocenters. The van der Waals surface area contributed by atoms with E-state index in [9.17, 15) is 4.79 Å². The second kappa shape index (κ2) is 9.28. The summed E-state index contributed by atoms with van der Waals surface area (Å²) in [6.07, 6.45) is 7.06. The Labute approximate surface area is 145 Å². The lowest BCUT2D eigenvalue weighted by Gasteiger charge is -2.38. The highest BCUT2D eigenvalue weighted by Crippen LogP contribution is 2.25. The molecule has 2 saturated heterocycles. The molecule has 0 aromatic carbocycles. The zero-order valence-electron chi connectivity index (χ0n) is 13.1. The smallest absolute Gasteiger partial charge is 0.251 e. The third kappa shape index (κ3) is 4.48. The highest BCUT2D eigenvalue weighted by Gasteiger charge is 2.35. The predicted molar refractivity (Wildman–Crippen MR) is 91.9 cm³/mol. The molecule has 2 heterocycles. The topological polar surface area (TPSA) is 58.8 Å². The number of rotatable bonds is 3. The van der Waals surface area contributed by atoms with Crippen LogP contribution in [0, 0.1) is 0 Å². The first-order valence-electron chi connectivity index (χ1n) is 8.16. The van der Waals surface area contributed by atoms with Gasteiger partial charge in [-0.2, -0.15) is 0 Å². The molecule has 7 heteroatoms. The van der Waals surface area contributed by atoms with Gasteiger partial charge in [0.05, 0.1) is 6.10 Å². The molecule has 0 bridgehead atoms. The fraction of sp³-hybridized carbons (Fsp3) is 0.933. The summed E-state index contributed by atoms with van der Waals surface area (Å²) >= 11 is 0. The molecule has 0 spiro atoms. The number of hydrogen-bond acceptors (Lipinski definition) is 4. The van der Waals surface area contributed by atoms with Crippen LogP contribution in [0.2, 0.25) is 0 Å². The van der Waals surface area contributed by atoms with Crippen LogP contribution in [0.3, 0.4) is 0 Å². The van der Waals surface area contributed by atoms with Gasteiger partial charge in [0, 0.05) is 38.8 Å². The molecule has 0 aromatic heterocycles. The van der Waals surface area contributed by atoms with Crippen molar-refractivity contribution in [1.82, 2.24) is 9.80 Å². The van der Waals surface area contributed by atoms with Crippen molar-refractivity contribution >= 4 is 30.7 Å². The summed E-state index contributed by atoms with van der Waals surface area (Å²) in [5, 5.41) is 0. The minimum Gasteiger partial charge on any atom is -0.364 e.